The van der Waals surface area contributed by atoms with Crippen LogP contribution < -0.4 is 15.2 Å². The molecule has 0 atom stereocenters. The van der Waals surface area contributed by atoms with Crippen molar-refractivity contribution >= 4 is 28.1 Å². The Morgan fingerprint density at radius 1 is 1.12 bits per heavy atom. The summed E-state index contributed by atoms with van der Waals surface area (Å²) in [6, 6.07) is 11.5. The maximum absolute atomic E-state index is 11.4. The largest absolute Gasteiger partial charge is 0.493 e. The lowest BCUT2D eigenvalue weighted by Crippen LogP contribution is -2.11. The SMILES string of the molecule is COc1cc(C(=N)N)ccc1OCc1ccc(S(C)(=O)=O)cc1.Cl. The van der Waals surface area contributed by atoms with E-state index in [9.17, 15) is 8.42 Å². The Bertz CT molecular complexity index is 820. The summed E-state index contributed by atoms with van der Waals surface area (Å²) in [7, 11) is -1.70. The fourth-order valence-electron chi connectivity index (χ4n) is 1.95. The van der Waals surface area contributed by atoms with Gasteiger partial charge in [-0.1, -0.05) is 12.1 Å². The van der Waals surface area contributed by atoms with E-state index >= 15 is 0 Å². The number of hydrogen-bond donors (Lipinski definition) is 2. The van der Waals surface area contributed by atoms with Gasteiger partial charge in [0.15, 0.2) is 21.3 Å². The van der Waals surface area contributed by atoms with Crippen LogP contribution in [0.4, 0.5) is 0 Å². The molecule has 2 aromatic carbocycles. The number of nitrogen functional groups attached to an aromatic ring is 1. The van der Waals surface area contributed by atoms with Crippen molar-refractivity contribution < 1.29 is 17.9 Å². The lowest BCUT2D eigenvalue weighted by molar-refractivity contribution is 0.284. The van der Waals surface area contributed by atoms with E-state index in [1.165, 1.54) is 13.4 Å². The molecular weight excluding hydrogens is 352 g/mol. The van der Waals surface area contributed by atoms with Gasteiger partial charge in [0.25, 0.3) is 0 Å². The number of nitrogens with two attached hydrogens (primary N) is 1. The topological polar surface area (TPSA) is 102 Å². The second-order valence-corrected chi connectivity index (χ2v) is 7.00. The standard InChI is InChI=1S/C16H18N2O4S.ClH/c1-21-15-9-12(16(17)18)5-8-14(15)22-10-11-3-6-13(7-4-11)23(2,19)20;/h3-9H,10H2,1-2H3,(H3,17,18);1H. The summed E-state index contributed by atoms with van der Waals surface area (Å²) >= 11 is 0. The predicted octanol–water partition coefficient (Wildman–Crippen LogP) is 2.38. The van der Waals surface area contributed by atoms with Gasteiger partial charge in [-0.15, -0.1) is 12.4 Å². The molecule has 0 bridgehead atoms. The van der Waals surface area contributed by atoms with Crippen molar-refractivity contribution in [2.45, 2.75) is 11.5 Å². The van der Waals surface area contributed by atoms with Crippen LogP contribution in [0.25, 0.3) is 0 Å². The van der Waals surface area contributed by atoms with Crippen molar-refractivity contribution in [3.8, 4) is 11.5 Å². The van der Waals surface area contributed by atoms with E-state index in [1.54, 1.807) is 42.5 Å². The highest BCUT2D eigenvalue weighted by Crippen LogP contribution is 2.28. The fourth-order valence-corrected chi connectivity index (χ4v) is 2.58. The smallest absolute Gasteiger partial charge is 0.175 e. The highest BCUT2D eigenvalue weighted by Gasteiger charge is 2.09. The zero-order valence-corrected chi connectivity index (χ0v) is 14.9. The summed E-state index contributed by atoms with van der Waals surface area (Å²) in [4.78, 5) is 0.268. The molecule has 0 heterocycles. The van der Waals surface area contributed by atoms with Crippen molar-refractivity contribution in [2.24, 2.45) is 5.73 Å². The Kier molecular flexibility index (Phi) is 6.62. The Labute approximate surface area is 147 Å². The first-order valence-electron chi connectivity index (χ1n) is 6.75. The van der Waals surface area contributed by atoms with Crippen LogP contribution in [0.15, 0.2) is 47.4 Å². The molecular formula is C16H19ClN2O4S. The summed E-state index contributed by atoms with van der Waals surface area (Å²) in [5, 5.41) is 7.42. The molecule has 2 rings (SSSR count). The molecule has 130 valence electrons. The molecule has 0 fully saturated rings. The summed E-state index contributed by atoms with van der Waals surface area (Å²) in [5.41, 5.74) is 6.82. The minimum Gasteiger partial charge on any atom is -0.493 e. The van der Waals surface area contributed by atoms with Crippen LogP contribution in [0.1, 0.15) is 11.1 Å². The highest BCUT2D eigenvalue weighted by atomic mass is 35.5. The average Bonchev–Trinajstić information content (AvgIpc) is 2.52. The molecule has 0 radical (unpaired) electrons. The molecule has 0 aliphatic heterocycles. The third-order valence-corrected chi connectivity index (χ3v) is 4.35. The molecule has 0 aliphatic rings. The monoisotopic (exact) mass is 370 g/mol. The summed E-state index contributed by atoms with van der Waals surface area (Å²) in [6.07, 6.45) is 1.17. The van der Waals surface area contributed by atoms with Crippen LogP contribution in [0.2, 0.25) is 0 Å². The third-order valence-electron chi connectivity index (χ3n) is 3.22. The second kappa shape index (κ2) is 8.03. The number of halogens is 1. The van der Waals surface area contributed by atoms with Crippen LogP contribution in [0, 0.1) is 5.41 Å². The molecule has 0 amide bonds. The zero-order valence-electron chi connectivity index (χ0n) is 13.3. The van der Waals surface area contributed by atoms with Gasteiger partial charge < -0.3 is 15.2 Å². The van der Waals surface area contributed by atoms with E-state index in [-0.39, 0.29) is 29.7 Å². The second-order valence-electron chi connectivity index (χ2n) is 4.98. The van der Waals surface area contributed by atoms with E-state index in [0.717, 1.165) is 5.56 Å². The van der Waals surface area contributed by atoms with Gasteiger partial charge in [0.05, 0.1) is 12.0 Å². The summed E-state index contributed by atoms with van der Waals surface area (Å²) in [6.45, 7) is 0.264. The molecule has 0 spiro atoms. The van der Waals surface area contributed by atoms with Crippen molar-refractivity contribution in [1.29, 1.82) is 5.41 Å². The number of benzene rings is 2. The van der Waals surface area contributed by atoms with E-state index < -0.39 is 9.84 Å². The summed E-state index contributed by atoms with van der Waals surface area (Å²) in [5.74, 6) is 0.946. The Morgan fingerprint density at radius 2 is 1.75 bits per heavy atom. The number of nitrogens with one attached hydrogen (secondary N) is 1. The summed E-state index contributed by atoms with van der Waals surface area (Å²) < 4.78 is 33.8. The van der Waals surface area contributed by atoms with Gasteiger partial charge in [-0.25, -0.2) is 8.42 Å². The molecule has 0 aliphatic carbocycles. The van der Waals surface area contributed by atoms with E-state index in [4.69, 9.17) is 20.6 Å². The Hall–Kier alpha value is -2.25. The van der Waals surface area contributed by atoms with Gasteiger partial charge in [-0.2, -0.15) is 0 Å². The number of ether oxygens (including phenoxy) is 2. The van der Waals surface area contributed by atoms with Crippen molar-refractivity contribution in [2.75, 3.05) is 13.4 Å². The van der Waals surface area contributed by atoms with Gasteiger partial charge in [0.2, 0.25) is 0 Å². The fraction of sp³-hybridized carbons (Fsp3) is 0.188. The van der Waals surface area contributed by atoms with Crippen LogP contribution in [-0.2, 0) is 16.4 Å². The van der Waals surface area contributed by atoms with Gasteiger partial charge in [0, 0.05) is 11.8 Å². The minimum atomic E-state index is -3.20. The van der Waals surface area contributed by atoms with Gasteiger partial charge in [-0.3, -0.25) is 5.41 Å². The number of sulfone groups is 1. The Balaban J connectivity index is 0.00000288. The molecule has 0 saturated heterocycles. The van der Waals surface area contributed by atoms with Gasteiger partial charge >= 0.3 is 0 Å². The normalized spacial score (nSPS) is 10.6. The minimum absolute atomic E-state index is 0. The predicted molar refractivity (Wildman–Crippen MR) is 95.1 cm³/mol. The van der Waals surface area contributed by atoms with Gasteiger partial charge in [0.1, 0.15) is 12.4 Å². The number of methoxy groups -OCH3 is 1. The zero-order chi connectivity index (χ0) is 17.0. The molecule has 0 saturated carbocycles. The molecule has 3 N–H and O–H groups in total. The van der Waals surface area contributed by atoms with Crippen LogP contribution in [0.3, 0.4) is 0 Å². The van der Waals surface area contributed by atoms with Crippen molar-refractivity contribution in [3.63, 3.8) is 0 Å². The first kappa shape index (κ1) is 19.8. The quantitative estimate of drug-likeness (QED) is 0.600. The van der Waals surface area contributed by atoms with Crippen LogP contribution in [-0.4, -0.2) is 27.6 Å². The first-order valence-corrected chi connectivity index (χ1v) is 8.64. The lowest BCUT2D eigenvalue weighted by Gasteiger charge is -2.12. The average molecular weight is 371 g/mol. The van der Waals surface area contributed by atoms with Crippen molar-refractivity contribution in [3.05, 3.63) is 53.6 Å². The van der Waals surface area contributed by atoms with Crippen molar-refractivity contribution in [1.82, 2.24) is 0 Å². The highest BCUT2D eigenvalue weighted by molar-refractivity contribution is 7.90. The number of amidine groups is 1. The number of hydrogen-bond acceptors (Lipinski definition) is 5. The van der Waals surface area contributed by atoms with Gasteiger partial charge in [-0.05, 0) is 35.9 Å². The number of rotatable bonds is 6. The van der Waals surface area contributed by atoms with E-state index in [2.05, 4.69) is 0 Å². The molecule has 8 heteroatoms. The van der Waals surface area contributed by atoms with Crippen LogP contribution in [0.5, 0.6) is 11.5 Å². The van der Waals surface area contributed by atoms with E-state index in [1.807, 2.05) is 0 Å². The molecule has 0 aromatic heterocycles. The molecule has 0 unspecified atom stereocenters. The van der Waals surface area contributed by atoms with E-state index in [0.29, 0.717) is 17.1 Å². The molecule has 24 heavy (non-hydrogen) atoms. The molecule has 6 nitrogen and oxygen atoms in total. The third kappa shape index (κ3) is 4.87. The maximum atomic E-state index is 11.4. The lowest BCUT2D eigenvalue weighted by atomic mass is 10.2. The molecule has 2 aromatic rings. The maximum Gasteiger partial charge on any atom is 0.175 e. The van der Waals surface area contributed by atoms with Crippen LogP contribution >= 0.6 is 12.4 Å². The Morgan fingerprint density at radius 3 is 2.25 bits per heavy atom. The first-order chi connectivity index (χ1) is 10.8.